The highest BCUT2D eigenvalue weighted by atomic mass is 16.6. The summed E-state index contributed by atoms with van der Waals surface area (Å²) in [6.45, 7) is 5.39. The van der Waals surface area contributed by atoms with Crippen molar-refractivity contribution in [3.8, 4) is 5.75 Å². The Morgan fingerprint density at radius 1 is 0.947 bits per heavy atom. The van der Waals surface area contributed by atoms with Crippen LogP contribution in [-0.4, -0.2) is 53.4 Å². The molecule has 1 aromatic heterocycles. The molecule has 0 radical (unpaired) electrons. The van der Waals surface area contributed by atoms with E-state index in [1.54, 1.807) is 31.4 Å². The molecule has 1 fully saturated rings. The lowest BCUT2D eigenvalue weighted by atomic mass is 10.1. The third-order valence-corrected chi connectivity index (χ3v) is 6.72. The first kappa shape index (κ1) is 25.1. The summed E-state index contributed by atoms with van der Waals surface area (Å²) in [4.78, 5) is 33.5. The van der Waals surface area contributed by atoms with Gasteiger partial charge in [0.1, 0.15) is 18.4 Å². The Hall–Kier alpha value is -4.53. The predicted molar refractivity (Wildman–Crippen MR) is 150 cm³/mol. The lowest BCUT2D eigenvalue weighted by Gasteiger charge is -2.23. The maximum absolute atomic E-state index is 13.5. The molecule has 9 nitrogen and oxygen atoms in total. The van der Waals surface area contributed by atoms with Crippen LogP contribution in [0.1, 0.15) is 20.3 Å². The Kier molecular flexibility index (Phi) is 7.17. The normalized spacial score (nSPS) is 16.2. The standard InChI is InChI=1S/C29H31N5O4/c1-4-33-25-12-7-6-11-23(25)24-16-20(13-14-26(24)33)30-28(35)27-17-21(32-38-5-2)18-34(27)29(36)31-19-9-8-10-22(15-19)37-3/h6-16,27H,4-5,17-18H2,1-3H3,(H,30,35)(H,31,36)/t27-/m0/s1. The molecule has 1 atom stereocenters. The monoisotopic (exact) mass is 513 g/mol. The molecule has 0 aliphatic carbocycles. The molecule has 2 heterocycles. The lowest BCUT2D eigenvalue weighted by Crippen LogP contribution is -2.45. The van der Waals surface area contributed by atoms with Gasteiger partial charge in [-0.2, -0.15) is 0 Å². The fraction of sp³-hybridized carbons (Fsp3) is 0.276. The smallest absolute Gasteiger partial charge is 0.322 e. The number of urea groups is 1. The van der Waals surface area contributed by atoms with Gasteiger partial charge in [0.25, 0.3) is 0 Å². The van der Waals surface area contributed by atoms with E-state index >= 15 is 0 Å². The Morgan fingerprint density at radius 2 is 1.74 bits per heavy atom. The number of amides is 3. The number of likely N-dealkylation sites (tertiary alicyclic amines) is 1. The molecule has 0 spiro atoms. The average molecular weight is 514 g/mol. The van der Waals surface area contributed by atoms with Crippen molar-refractivity contribution >= 4 is 50.8 Å². The summed E-state index contributed by atoms with van der Waals surface area (Å²) in [7, 11) is 1.57. The van der Waals surface area contributed by atoms with Crippen LogP contribution < -0.4 is 15.4 Å². The number of carbonyl (C=O) groups excluding carboxylic acids is 2. The number of methoxy groups -OCH3 is 1. The molecule has 1 aliphatic heterocycles. The third-order valence-electron chi connectivity index (χ3n) is 6.72. The van der Waals surface area contributed by atoms with Crippen LogP contribution in [0.5, 0.6) is 5.75 Å². The van der Waals surface area contributed by atoms with E-state index in [2.05, 4.69) is 39.4 Å². The minimum absolute atomic E-state index is 0.191. The molecular formula is C29H31N5O4. The van der Waals surface area contributed by atoms with Gasteiger partial charge in [0, 0.05) is 52.2 Å². The van der Waals surface area contributed by atoms with Gasteiger partial charge >= 0.3 is 6.03 Å². The van der Waals surface area contributed by atoms with Crippen molar-refractivity contribution in [2.24, 2.45) is 5.16 Å². The van der Waals surface area contributed by atoms with Crippen molar-refractivity contribution in [2.45, 2.75) is 32.9 Å². The molecular weight excluding hydrogens is 482 g/mol. The third kappa shape index (κ3) is 4.87. The Morgan fingerprint density at radius 3 is 2.53 bits per heavy atom. The molecule has 3 aromatic carbocycles. The highest BCUT2D eigenvalue weighted by Gasteiger charge is 2.38. The Labute approximate surface area is 221 Å². The van der Waals surface area contributed by atoms with Crippen molar-refractivity contribution in [3.05, 3.63) is 66.7 Å². The number of nitrogens with one attached hydrogen (secondary N) is 2. The van der Waals surface area contributed by atoms with Gasteiger partial charge in [0.2, 0.25) is 5.91 Å². The van der Waals surface area contributed by atoms with Crippen molar-refractivity contribution in [1.29, 1.82) is 0 Å². The summed E-state index contributed by atoms with van der Waals surface area (Å²) in [6, 6.07) is 20.1. The van der Waals surface area contributed by atoms with Crippen LogP contribution >= 0.6 is 0 Å². The van der Waals surface area contributed by atoms with Crippen molar-refractivity contribution in [2.75, 3.05) is 30.9 Å². The van der Waals surface area contributed by atoms with E-state index in [0.717, 1.165) is 28.4 Å². The summed E-state index contributed by atoms with van der Waals surface area (Å²) >= 11 is 0. The molecule has 196 valence electrons. The zero-order valence-corrected chi connectivity index (χ0v) is 21.7. The summed E-state index contributed by atoms with van der Waals surface area (Å²) in [6.07, 6.45) is 0.286. The van der Waals surface area contributed by atoms with Gasteiger partial charge < -0.3 is 29.7 Å². The van der Waals surface area contributed by atoms with E-state index in [4.69, 9.17) is 9.57 Å². The first-order chi connectivity index (χ1) is 18.5. The number of fused-ring (bicyclic) bond motifs is 3. The van der Waals surface area contributed by atoms with Crippen LogP contribution in [0.4, 0.5) is 16.2 Å². The van der Waals surface area contributed by atoms with Crippen LogP contribution in [0.2, 0.25) is 0 Å². The largest absolute Gasteiger partial charge is 0.497 e. The number of rotatable bonds is 7. The molecule has 38 heavy (non-hydrogen) atoms. The number of nitrogens with zero attached hydrogens (tertiary/aromatic N) is 3. The fourth-order valence-corrected chi connectivity index (χ4v) is 4.97. The molecule has 0 saturated carbocycles. The SMILES string of the molecule is CCON=C1C[C@@H](C(=O)Nc2ccc3c(c2)c2ccccc2n3CC)N(C(=O)Nc2cccc(OC)c2)C1. The molecule has 0 unspecified atom stereocenters. The molecule has 2 N–H and O–H groups in total. The zero-order valence-electron chi connectivity index (χ0n) is 21.7. The summed E-state index contributed by atoms with van der Waals surface area (Å²) in [5, 5.41) is 12.2. The van der Waals surface area contributed by atoms with Gasteiger partial charge in [-0.1, -0.05) is 29.4 Å². The first-order valence-corrected chi connectivity index (χ1v) is 12.7. The number of hydrogen-bond donors (Lipinski definition) is 2. The topological polar surface area (TPSA) is 97.2 Å². The van der Waals surface area contributed by atoms with Gasteiger partial charge in [0.15, 0.2) is 0 Å². The second kappa shape index (κ2) is 10.8. The van der Waals surface area contributed by atoms with E-state index in [-0.39, 0.29) is 18.9 Å². The summed E-state index contributed by atoms with van der Waals surface area (Å²) < 4.78 is 7.51. The van der Waals surface area contributed by atoms with Crippen molar-refractivity contribution < 1.29 is 19.2 Å². The molecule has 1 saturated heterocycles. The maximum atomic E-state index is 13.5. The second-order valence-electron chi connectivity index (χ2n) is 9.07. The van der Waals surface area contributed by atoms with Crippen LogP contribution in [0.15, 0.2) is 71.9 Å². The number of ether oxygens (including phenoxy) is 1. The Balaban J connectivity index is 1.40. The van der Waals surface area contributed by atoms with Gasteiger partial charge in [-0.05, 0) is 50.2 Å². The van der Waals surface area contributed by atoms with Gasteiger partial charge in [-0.15, -0.1) is 0 Å². The minimum Gasteiger partial charge on any atom is -0.497 e. The number of para-hydroxylation sites is 1. The predicted octanol–water partition coefficient (Wildman–Crippen LogP) is 5.46. The van der Waals surface area contributed by atoms with Crippen LogP contribution in [0.3, 0.4) is 0 Å². The molecule has 5 rings (SSSR count). The Bertz CT molecular complexity index is 1530. The first-order valence-electron chi connectivity index (χ1n) is 12.7. The minimum atomic E-state index is -0.743. The zero-order chi connectivity index (χ0) is 26.6. The van der Waals surface area contributed by atoms with E-state index in [0.29, 0.717) is 29.4 Å². The summed E-state index contributed by atoms with van der Waals surface area (Å²) in [5.41, 5.74) is 4.14. The molecule has 0 bridgehead atoms. The van der Waals surface area contributed by atoms with E-state index in [1.165, 1.54) is 4.90 Å². The highest BCUT2D eigenvalue weighted by molar-refractivity contribution is 6.11. The lowest BCUT2D eigenvalue weighted by molar-refractivity contribution is -0.119. The molecule has 3 amide bonds. The number of oxime groups is 1. The number of benzene rings is 3. The van der Waals surface area contributed by atoms with Crippen molar-refractivity contribution in [3.63, 3.8) is 0 Å². The van der Waals surface area contributed by atoms with Crippen LogP contribution in [0, 0.1) is 0 Å². The molecule has 4 aromatic rings. The van der Waals surface area contributed by atoms with E-state index < -0.39 is 12.1 Å². The van der Waals surface area contributed by atoms with Gasteiger partial charge in [-0.25, -0.2) is 4.79 Å². The number of aryl methyl sites for hydroxylation is 1. The number of carbonyl (C=O) groups is 2. The van der Waals surface area contributed by atoms with Crippen molar-refractivity contribution in [1.82, 2.24) is 9.47 Å². The maximum Gasteiger partial charge on any atom is 0.322 e. The van der Waals surface area contributed by atoms with Crippen LogP contribution in [0.25, 0.3) is 21.8 Å². The highest BCUT2D eigenvalue weighted by Crippen LogP contribution is 2.31. The van der Waals surface area contributed by atoms with E-state index in [9.17, 15) is 9.59 Å². The molecule has 9 heteroatoms. The van der Waals surface area contributed by atoms with Gasteiger partial charge in [0.05, 0.1) is 19.4 Å². The quantitative estimate of drug-likeness (QED) is 0.321. The number of hydrogen-bond acceptors (Lipinski definition) is 5. The van der Waals surface area contributed by atoms with E-state index in [1.807, 2.05) is 37.3 Å². The van der Waals surface area contributed by atoms with Gasteiger partial charge in [-0.3, -0.25) is 4.79 Å². The average Bonchev–Trinajstić information content (AvgIpc) is 3.51. The fourth-order valence-electron chi connectivity index (χ4n) is 4.97. The number of aromatic nitrogens is 1. The van der Waals surface area contributed by atoms with Crippen LogP contribution in [-0.2, 0) is 16.2 Å². The number of anilines is 2. The summed E-state index contributed by atoms with van der Waals surface area (Å²) in [5.74, 6) is 0.336. The molecule has 1 aliphatic rings. The second-order valence-corrected chi connectivity index (χ2v) is 9.07.